The number of rotatable bonds is 7. The quantitative estimate of drug-likeness (QED) is 0.763. The molecule has 0 heterocycles. The first-order chi connectivity index (χ1) is 12.3. The van der Waals surface area contributed by atoms with Gasteiger partial charge in [-0.25, -0.2) is 0 Å². The molecule has 0 aliphatic rings. The van der Waals surface area contributed by atoms with E-state index < -0.39 is 0 Å². The second-order valence-electron chi connectivity index (χ2n) is 7.45. The maximum absolute atomic E-state index is 12.0. The lowest BCUT2D eigenvalue weighted by Crippen LogP contribution is -2.29. The fourth-order valence-corrected chi connectivity index (χ4v) is 2.71. The Hall–Kier alpha value is -2.49. The molecule has 0 unspecified atom stereocenters. The monoisotopic (exact) mass is 355 g/mol. The van der Waals surface area contributed by atoms with E-state index in [1.165, 1.54) is 5.56 Å². The van der Waals surface area contributed by atoms with Crippen molar-refractivity contribution in [2.24, 2.45) is 0 Å². The van der Waals surface area contributed by atoms with Crippen LogP contribution in [0.1, 0.15) is 37.5 Å². The van der Waals surface area contributed by atoms with Gasteiger partial charge in [0, 0.05) is 0 Å². The van der Waals surface area contributed by atoms with E-state index in [4.69, 9.17) is 9.47 Å². The summed E-state index contributed by atoms with van der Waals surface area (Å²) in [5, 5.41) is 2.89. The standard InChI is InChI=1S/C22H29NO3/c1-16-14-17(6-11-20(16)25-5)15-21(24)23-12-13-26-19-9-7-18(8-10-19)22(2,3)4/h6-11,14H,12-13,15H2,1-5H3,(H,23,24). The molecule has 0 saturated carbocycles. The summed E-state index contributed by atoms with van der Waals surface area (Å²) in [5.74, 6) is 1.64. The van der Waals surface area contributed by atoms with Crippen molar-refractivity contribution in [3.63, 3.8) is 0 Å². The first kappa shape index (κ1) is 19.8. The molecule has 0 radical (unpaired) electrons. The summed E-state index contributed by atoms with van der Waals surface area (Å²) in [5.41, 5.74) is 3.40. The van der Waals surface area contributed by atoms with Crippen LogP contribution in [-0.2, 0) is 16.6 Å². The Morgan fingerprint density at radius 3 is 2.35 bits per heavy atom. The number of carbonyl (C=O) groups is 1. The maximum Gasteiger partial charge on any atom is 0.224 e. The van der Waals surface area contributed by atoms with Crippen LogP contribution in [-0.4, -0.2) is 26.2 Å². The van der Waals surface area contributed by atoms with E-state index in [1.54, 1.807) is 7.11 Å². The fraction of sp³-hybridized carbons (Fsp3) is 0.409. The summed E-state index contributed by atoms with van der Waals surface area (Å²) >= 11 is 0. The Morgan fingerprint density at radius 1 is 1.08 bits per heavy atom. The highest BCUT2D eigenvalue weighted by Crippen LogP contribution is 2.24. The molecule has 0 aromatic heterocycles. The molecule has 4 nitrogen and oxygen atoms in total. The number of hydrogen-bond donors (Lipinski definition) is 1. The van der Waals surface area contributed by atoms with Gasteiger partial charge in [0.1, 0.15) is 18.1 Å². The largest absolute Gasteiger partial charge is 0.496 e. The van der Waals surface area contributed by atoms with E-state index in [-0.39, 0.29) is 11.3 Å². The van der Waals surface area contributed by atoms with Crippen LogP contribution in [0.25, 0.3) is 0 Å². The number of methoxy groups -OCH3 is 1. The van der Waals surface area contributed by atoms with E-state index in [1.807, 2.05) is 37.3 Å². The van der Waals surface area contributed by atoms with Crippen LogP contribution in [0.15, 0.2) is 42.5 Å². The van der Waals surface area contributed by atoms with E-state index in [2.05, 4.69) is 38.2 Å². The molecule has 0 aliphatic carbocycles. The fourth-order valence-electron chi connectivity index (χ4n) is 2.71. The molecular weight excluding hydrogens is 326 g/mol. The minimum absolute atomic E-state index is 0.0127. The molecular formula is C22H29NO3. The van der Waals surface area contributed by atoms with Gasteiger partial charge < -0.3 is 14.8 Å². The Labute approximate surface area is 156 Å². The second kappa shape index (κ2) is 8.75. The van der Waals surface area contributed by atoms with Gasteiger partial charge in [0.2, 0.25) is 5.91 Å². The number of ether oxygens (including phenoxy) is 2. The van der Waals surface area contributed by atoms with Gasteiger partial charge in [-0.2, -0.15) is 0 Å². The summed E-state index contributed by atoms with van der Waals surface area (Å²) in [6.45, 7) is 9.45. The third-order valence-corrected chi connectivity index (χ3v) is 4.24. The Kier molecular flexibility index (Phi) is 6.67. The Bertz CT molecular complexity index is 730. The van der Waals surface area contributed by atoms with Crippen LogP contribution >= 0.6 is 0 Å². The number of aryl methyl sites for hydroxylation is 1. The van der Waals surface area contributed by atoms with Crippen LogP contribution in [0.3, 0.4) is 0 Å². The van der Waals surface area contributed by atoms with E-state index >= 15 is 0 Å². The first-order valence-electron chi connectivity index (χ1n) is 8.93. The number of nitrogens with one attached hydrogen (secondary N) is 1. The first-order valence-corrected chi connectivity index (χ1v) is 8.93. The van der Waals surface area contributed by atoms with Crippen LogP contribution in [0.4, 0.5) is 0 Å². The van der Waals surface area contributed by atoms with Crippen LogP contribution < -0.4 is 14.8 Å². The zero-order valence-corrected chi connectivity index (χ0v) is 16.4. The molecule has 0 atom stereocenters. The molecule has 1 N–H and O–H groups in total. The van der Waals surface area contributed by atoms with E-state index in [0.29, 0.717) is 19.6 Å². The molecule has 2 aromatic rings. The Balaban J connectivity index is 1.74. The zero-order chi connectivity index (χ0) is 19.2. The van der Waals surface area contributed by atoms with Crippen molar-refractivity contribution in [1.29, 1.82) is 0 Å². The molecule has 0 spiro atoms. The molecule has 26 heavy (non-hydrogen) atoms. The normalized spacial score (nSPS) is 11.1. The lowest BCUT2D eigenvalue weighted by molar-refractivity contribution is -0.120. The number of carbonyl (C=O) groups excluding carboxylic acids is 1. The summed E-state index contributed by atoms with van der Waals surface area (Å²) in [6.07, 6.45) is 0.352. The molecule has 0 bridgehead atoms. The zero-order valence-electron chi connectivity index (χ0n) is 16.4. The number of hydrogen-bond acceptors (Lipinski definition) is 3. The third-order valence-electron chi connectivity index (χ3n) is 4.24. The van der Waals surface area contributed by atoms with Crippen molar-refractivity contribution in [3.8, 4) is 11.5 Å². The average molecular weight is 355 g/mol. The Morgan fingerprint density at radius 2 is 1.77 bits per heavy atom. The molecule has 0 aliphatic heterocycles. The molecule has 2 rings (SSSR count). The lowest BCUT2D eigenvalue weighted by atomic mass is 9.87. The molecule has 0 saturated heterocycles. The molecule has 2 aromatic carbocycles. The van der Waals surface area contributed by atoms with Crippen molar-refractivity contribution >= 4 is 5.91 Å². The van der Waals surface area contributed by atoms with Gasteiger partial charge in [0.15, 0.2) is 0 Å². The van der Waals surface area contributed by atoms with Gasteiger partial charge >= 0.3 is 0 Å². The number of benzene rings is 2. The highest BCUT2D eigenvalue weighted by atomic mass is 16.5. The SMILES string of the molecule is COc1ccc(CC(=O)NCCOc2ccc(C(C)(C)C)cc2)cc1C. The van der Waals surface area contributed by atoms with Crippen molar-refractivity contribution < 1.29 is 14.3 Å². The summed E-state index contributed by atoms with van der Waals surface area (Å²) in [6, 6.07) is 13.9. The van der Waals surface area contributed by atoms with Crippen molar-refractivity contribution in [1.82, 2.24) is 5.32 Å². The van der Waals surface area contributed by atoms with Crippen LogP contribution in [0.5, 0.6) is 11.5 Å². The van der Waals surface area contributed by atoms with E-state index in [0.717, 1.165) is 22.6 Å². The summed E-state index contributed by atoms with van der Waals surface area (Å²) in [7, 11) is 1.64. The second-order valence-corrected chi connectivity index (χ2v) is 7.45. The summed E-state index contributed by atoms with van der Waals surface area (Å²) < 4.78 is 10.9. The predicted molar refractivity (Wildman–Crippen MR) is 105 cm³/mol. The van der Waals surface area contributed by atoms with Crippen molar-refractivity contribution in [3.05, 3.63) is 59.2 Å². The number of amides is 1. The van der Waals surface area contributed by atoms with Crippen molar-refractivity contribution in [2.75, 3.05) is 20.3 Å². The van der Waals surface area contributed by atoms with Crippen LogP contribution in [0.2, 0.25) is 0 Å². The van der Waals surface area contributed by atoms with E-state index in [9.17, 15) is 4.79 Å². The molecule has 0 fully saturated rings. The lowest BCUT2D eigenvalue weighted by Gasteiger charge is -2.19. The van der Waals surface area contributed by atoms with Gasteiger partial charge in [-0.1, -0.05) is 45.0 Å². The van der Waals surface area contributed by atoms with Gasteiger partial charge in [0.05, 0.1) is 20.1 Å². The van der Waals surface area contributed by atoms with Gasteiger partial charge in [-0.15, -0.1) is 0 Å². The highest BCUT2D eigenvalue weighted by Gasteiger charge is 2.13. The average Bonchev–Trinajstić information content (AvgIpc) is 2.58. The minimum atomic E-state index is -0.0127. The molecule has 4 heteroatoms. The maximum atomic E-state index is 12.0. The smallest absolute Gasteiger partial charge is 0.224 e. The van der Waals surface area contributed by atoms with Crippen LogP contribution in [0, 0.1) is 6.92 Å². The summed E-state index contributed by atoms with van der Waals surface area (Å²) in [4.78, 5) is 12.0. The van der Waals surface area contributed by atoms with Gasteiger partial charge in [0.25, 0.3) is 0 Å². The van der Waals surface area contributed by atoms with Crippen molar-refractivity contribution in [2.45, 2.75) is 39.5 Å². The topological polar surface area (TPSA) is 47.6 Å². The van der Waals surface area contributed by atoms with Gasteiger partial charge in [-0.05, 0) is 47.2 Å². The third kappa shape index (κ3) is 5.80. The molecule has 140 valence electrons. The van der Waals surface area contributed by atoms with Gasteiger partial charge in [-0.3, -0.25) is 4.79 Å². The predicted octanol–water partition coefficient (Wildman–Crippen LogP) is 4.04. The minimum Gasteiger partial charge on any atom is -0.496 e. The highest BCUT2D eigenvalue weighted by molar-refractivity contribution is 5.78. The molecule has 1 amide bonds.